The molecular formula is C19H19FN2O2. The van der Waals surface area contributed by atoms with Gasteiger partial charge in [-0.05, 0) is 29.3 Å². The molecule has 3 rings (SSSR count). The number of nitrogens with one attached hydrogen (secondary N) is 1. The van der Waals surface area contributed by atoms with E-state index in [-0.39, 0.29) is 18.3 Å². The Balaban J connectivity index is 2.14. The number of hydrogen-bond donors (Lipinski definition) is 2. The molecule has 0 spiro atoms. The lowest BCUT2D eigenvalue weighted by atomic mass is 9.86. The number of aliphatic hydroxyl groups is 1. The number of nitrogens with zero attached hydrogens (tertiary/aromatic N) is 1. The monoisotopic (exact) mass is 326 g/mol. The Morgan fingerprint density at radius 1 is 1.25 bits per heavy atom. The van der Waals surface area contributed by atoms with Crippen LogP contribution in [-0.4, -0.2) is 28.7 Å². The van der Waals surface area contributed by atoms with Gasteiger partial charge in [-0.25, -0.2) is 4.39 Å². The molecular weight excluding hydrogens is 307 g/mol. The van der Waals surface area contributed by atoms with Gasteiger partial charge in [0.25, 0.3) is 0 Å². The fourth-order valence-electron chi connectivity index (χ4n) is 3.19. The van der Waals surface area contributed by atoms with E-state index in [4.69, 9.17) is 0 Å². The lowest BCUT2D eigenvalue weighted by Gasteiger charge is -2.23. The Morgan fingerprint density at radius 3 is 2.71 bits per heavy atom. The first-order valence-corrected chi connectivity index (χ1v) is 7.76. The van der Waals surface area contributed by atoms with Crippen molar-refractivity contribution in [2.45, 2.75) is 12.0 Å². The van der Waals surface area contributed by atoms with Crippen molar-refractivity contribution in [3.05, 3.63) is 71.7 Å². The second kappa shape index (κ2) is 6.84. The van der Waals surface area contributed by atoms with Crippen LogP contribution in [0.3, 0.4) is 0 Å². The van der Waals surface area contributed by atoms with Gasteiger partial charge in [0.2, 0.25) is 6.41 Å². The third kappa shape index (κ3) is 3.03. The summed E-state index contributed by atoms with van der Waals surface area (Å²) in [6.07, 6.45) is 1.68. The molecule has 0 radical (unpaired) electrons. The molecule has 3 aromatic rings. The Hall–Kier alpha value is -2.66. The summed E-state index contributed by atoms with van der Waals surface area (Å²) < 4.78 is 15.4. The molecule has 2 N–H and O–H groups in total. The summed E-state index contributed by atoms with van der Waals surface area (Å²) in [5, 5.41) is 14.1. The van der Waals surface area contributed by atoms with Crippen LogP contribution < -0.4 is 5.32 Å². The fraction of sp³-hybridized carbons (Fsp3) is 0.211. The summed E-state index contributed by atoms with van der Waals surface area (Å²) in [5.74, 6) is -0.623. The highest BCUT2D eigenvalue weighted by atomic mass is 19.1. The summed E-state index contributed by atoms with van der Waals surface area (Å²) in [6, 6.07) is 14.3. The van der Waals surface area contributed by atoms with E-state index in [2.05, 4.69) is 5.32 Å². The Labute approximate surface area is 139 Å². The first kappa shape index (κ1) is 16.2. The molecule has 0 fully saturated rings. The fourth-order valence-corrected chi connectivity index (χ4v) is 3.19. The molecule has 5 heteroatoms. The number of carbonyl (C=O) groups is 1. The van der Waals surface area contributed by atoms with Gasteiger partial charge in [-0.15, -0.1) is 0 Å². The number of hydrogen-bond acceptors (Lipinski definition) is 2. The van der Waals surface area contributed by atoms with E-state index in [1.54, 1.807) is 6.07 Å². The van der Waals surface area contributed by atoms with Crippen LogP contribution in [0.1, 0.15) is 17.0 Å². The normalized spacial score (nSPS) is 13.6. The van der Waals surface area contributed by atoms with Gasteiger partial charge < -0.3 is 15.0 Å². The third-order valence-corrected chi connectivity index (χ3v) is 4.27. The van der Waals surface area contributed by atoms with E-state index in [0.29, 0.717) is 6.41 Å². The van der Waals surface area contributed by atoms with E-state index in [1.807, 2.05) is 48.1 Å². The molecule has 24 heavy (non-hydrogen) atoms. The average Bonchev–Trinajstić information content (AvgIpc) is 2.90. The SMILES string of the molecule is Cn1cc(C(c2ccccc2)C(O)CNC=O)c2ccc(F)cc21. The predicted molar refractivity (Wildman–Crippen MR) is 91.2 cm³/mol. The van der Waals surface area contributed by atoms with Crippen LogP contribution in [0.15, 0.2) is 54.7 Å². The number of aliphatic hydroxyl groups excluding tert-OH is 1. The van der Waals surface area contributed by atoms with Gasteiger partial charge >= 0.3 is 0 Å². The van der Waals surface area contributed by atoms with Crippen LogP contribution in [-0.2, 0) is 11.8 Å². The Bertz CT molecular complexity index is 845. The minimum atomic E-state index is -0.798. The van der Waals surface area contributed by atoms with Crippen molar-refractivity contribution in [2.24, 2.45) is 7.05 Å². The molecule has 124 valence electrons. The highest BCUT2D eigenvalue weighted by Crippen LogP contribution is 2.34. The van der Waals surface area contributed by atoms with Crippen molar-refractivity contribution < 1.29 is 14.3 Å². The van der Waals surface area contributed by atoms with E-state index in [0.717, 1.165) is 22.0 Å². The molecule has 1 heterocycles. The summed E-state index contributed by atoms with van der Waals surface area (Å²) in [5.41, 5.74) is 2.61. The zero-order valence-corrected chi connectivity index (χ0v) is 13.3. The first-order valence-electron chi connectivity index (χ1n) is 7.76. The molecule has 1 amide bonds. The van der Waals surface area contributed by atoms with E-state index >= 15 is 0 Å². The van der Waals surface area contributed by atoms with E-state index in [9.17, 15) is 14.3 Å². The average molecular weight is 326 g/mol. The largest absolute Gasteiger partial charge is 0.390 e. The van der Waals surface area contributed by atoms with E-state index in [1.165, 1.54) is 12.1 Å². The Kier molecular flexibility index (Phi) is 4.62. The third-order valence-electron chi connectivity index (χ3n) is 4.27. The number of aryl methyl sites for hydroxylation is 1. The van der Waals surface area contributed by atoms with E-state index < -0.39 is 6.10 Å². The molecule has 2 aromatic carbocycles. The molecule has 1 aromatic heterocycles. The predicted octanol–water partition coefficient (Wildman–Crippen LogP) is 2.56. The van der Waals surface area contributed by atoms with Gasteiger partial charge in [0, 0.05) is 31.1 Å². The number of rotatable bonds is 6. The van der Waals surface area contributed by atoms with Crippen molar-refractivity contribution >= 4 is 17.3 Å². The molecule has 0 aliphatic heterocycles. The van der Waals surface area contributed by atoms with Crippen LogP contribution in [0.4, 0.5) is 4.39 Å². The second-order valence-corrected chi connectivity index (χ2v) is 5.84. The van der Waals surface area contributed by atoms with Crippen molar-refractivity contribution in [3.8, 4) is 0 Å². The van der Waals surface area contributed by atoms with Gasteiger partial charge in [0.05, 0.1) is 11.6 Å². The number of aromatic nitrogens is 1. The maximum absolute atomic E-state index is 13.6. The molecule has 0 saturated carbocycles. The number of carbonyl (C=O) groups excluding carboxylic acids is 1. The number of halogens is 1. The van der Waals surface area contributed by atoms with Crippen LogP contribution in [0.5, 0.6) is 0 Å². The highest BCUT2D eigenvalue weighted by molar-refractivity contribution is 5.85. The number of benzene rings is 2. The number of fused-ring (bicyclic) bond motifs is 1. The van der Waals surface area contributed by atoms with Gasteiger partial charge in [-0.3, -0.25) is 4.79 Å². The smallest absolute Gasteiger partial charge is 0.207 e. The molecule has 2 atom stereocenters. The summed E-state index contributed by atoms with van der Waals surface area (Å²) in [6.45, 7) is 0.140. The van der Waals surface area contributed by atoms with Crippen LogP contribution in [0.25, 0.3) is 10.9 Å². The summed E-state index contributed by atoms with van der Waals surface area (Å²) in [4.78, 5) is 10.6. The molecule has 0 aliphatic rings. The zero-order chi connectivity index (χ0) is 17.1. The van der Waals surface area contributed by atoms with Crippen LogP contribution >= 0.6 is 0 Å². The summed E-state index contributed by atoms with van der Waals surface area (Å²) in [7, 11) is 1.85. The lowest BCUT2D eigenvalue weighted by molar-refractivity contribution is -0.110. The van der Waals surface area contributed by atoms with Crippen molar-refractivity contribution in [1.82, 2.24) is 9.88 Å². The van der Waals surface area contributed by atoms with Crippen molar-refractivity contribution in [2.75, 3.05) is 6.54 Å². The topological polar surface area (TPSA) is 54.3 Å². The zero-order valence-electron chi connectivity index (χ0n) is 13.3. The van der Waals surface area contributed by atoms with Crippen LogP contribution in [0.2, 0.25) is 0 Å². The molecule has 2 unspecified atom stereocenters. The van der Waals surface area contributed by atoms with Crippen molar-refractivity contribution in [1.29, 1.82) is 0 Å². The lowest BCUT2D eigenvalue weighted by Crippen LogP contribution is -2.31. The minimum absolute atomic E-state index is 0.140. The first-order chi connectivity index (χ1) is 11.6. The quantitative estimate of drug-likeness (QED) is 0.684. The maximum Gasteiger partial charge on any atom is 0.207 e. The molecule has 0 bridgehead atoms. The second-order valence-electron chi connectivity index (χ2n) is 5.84. The molecule has 4 nitrogen and oxygen atoms in total. The van der Waals surface area contributed by atoms with Gasteiger partial charge in [-0.1, -0.05) is 30.3 Å². The van der Waals surface area contributed by atoms with Gasteiger partial charge in [-0.2, -0.15) is 0 Å². The highest BCUT2D eigenvalue weighted by Gasteiger charge is 2.26. The minimum Gasteiger partial charge on any atom is -0.390 e. The maximum atomic E-state index is 13.6. The van der Waals surface area contributed by atoms with Gasteiger partial charge in [0.15, 0.2) is 0 Å². The molecule has 0 saturated heterocycles. The van der Waals surface area contributed by atoms with Crippen molar-refractivity contribution in [3.63, 3.8) is 0 Å². The molecule has 0 aliphatic carbocycles. The summed E-state index contributed by atoms with van der Waals surface area (Å²) >= 11 is 0. The standard InChI is InChI=1S/C19H19FN2O2/c1-22-11-16(15-8-7-14(20)9-17(15)22)19(18(24)10-21-12-23)13-5-3-2-4-6-13/h2-9,11-12,18-19,24H,10H2,1H3,(H,21,23). The van der Waals surface area contributed by atoms with Crippen LogP contribution in [0, 0.1) is 5.82 Å². The van der Waals surface area contributed by atoms with Gasteiger partial charge in [0.1, 0.15) is 5.82 Å². The number of amides is 1. The Morgan fingerprint density at radius 2 is 2.00 bits per heavy atom.